The molecule has 0 N–H and O–H groups in total. The van der Waals surface area contributed by atoms with Gasteiger partial charge in [0.1, 0.15) is 17.6 Å². The molecule has 2 heterocycles. The van der Waals surface area contributed by atoms with Gasteiger partial charge in [0.2, 0.25) is 5.91 Å². The van der Waals surface area contributed by atoms with E-state index in [-0.39, 0.29) is 29.4 Å². The van der Waals surface area contributed by atoms with Crippen molar-refractivity contribution in [3.63, 3.8) is 0 Å². The Morgan fingerprint density at radius 2 is 1.93 bits per heavy atom. The number of amides is 1. The van der Waals surface area contributed by atoms with Crippen molar-refractivity contribution >= 4 is 18.0 Å². The van der Waals surface area contributed by atoms with E-state index in [0.29, 0.717) is 17.7 Å². The molecule has 5 atom stereocenters. The van der Waals surface area contributed by atoms with E-state index in [9.17, 15) is 9.59 Å². The summed E-state index contributed by atoms with van der Waals surface area (Å²) < 4.78 is 12.7. The van der Waals surface area contributed by atoms with Gasteiger partial charge in [-0.15, -0.1) is 0 Å². The highest BCUT2D eigenvalue weighted by molar-refractivity contribution is 5.92. The van der Waals surface area contributed by atoms with E-state index >= 15 is 0 Å². The molecule has 2 fully saturated rings. The van der Waals surface area contributed by atoms with Crippen molar-refractivity contribution in [2.24, 2.45) is 5.92 Å². The second kappa shape index (κ2) is 11.0. The topological polar surface area (TPSA) is 59.1 Å². The number of carbonyl (C=O) groups excluding carboxylic acids is 2. The smallest absolute Gasteiger partial charge is 0.308 e. The number of hydrogen-bond donors (Lipinski definition) is 0. The Hall–Kier alpha value is -3.90. The molecular formula is C37H40N2O4. The van der Waals surface area contributed by atoms with Gasteiger partial charge in [-0.2, -0.15) is 0 Å². The molecular weight excluding hydrogens is 536 g/mol. The van der Waals surface area contributed by atoms with Crippen molar-refractivity contribution in [3.8, 4) is 11.5 Å². The van der Waals surface area contributed by atoms with Crippen LogP contribution in [0, 0.1) is 12.8 Å². The minimum Gasteiger partial charge on any atom is -0.487 e. The van der Waals surface area contributed by atoms with Gasteiger partial charge in [-0.3, -0.25) is 14.5 Å². The van der Waals surface area contributed by atoms with Crippen molar-refractivity contribution in [3.05, 3.63) is 101 Å². The quantitative estimate of drug-likeness (QED) is 0.204. The molecule has 0 radical (unpaired) electrons. The molecule has 2 aliphatic carbocycles. The summed E-state index contributed by atoms with van der Waals surface area (Å²) in [6.45, 7) is 5.51. The normalized spacial score (nSPS) is 27.0. The van der Waals surface area contributed by atoms with E-state index in [1.54, 1.807) is 6.08 Å². The molecule has 4 aliphatic rings. The number of piperidine rings is 1. The van der Waals surface area contributed by atoms with Crippen LogP contribution in [0.15, 0.2) is 72.8 Å². The Labute approximate surface area is 254 Å². The van der Waals surface area contributed by atoms with Crippen LogP contribution in [0.4, 0.5) is 0 Å². The van der Waals surface area contributed by atoms with Crippen molar-refractivity contribution in [1.29, 1.82) is 0 Å². The first kappa shape index (κ1) is 27.9. The van der Waals surface area contributed by atoms with Gasteiger partial charge in [-0.25, -0.2) is 0 Å². The summed E-state index contributed by atoms with van der Waals surface area (Å²) in [6, 6.07) is 23.1. The largest absolute Gasteiger partial charge is 0.487 e. The summed E-state index contributed by atoms with van der Waals surface area (Å²) in [5.74, 6) is 1.68. The summed E-state index contributed by atoms with van der Waals surface area (Å²) in [7, 11) is 1.93. The summed E-state index contributed by atoms with van der Waals surface area (Å²) in [5, 5.41) is 0. The average molecular weight is 577 g/mol. The Balaban J connectivity index is 1.21. The monoisotopic (exact) mass is 576 g/mol. The Kier molecular flexibility index (Phi) is 7.13. The van der Waals surface area contributed by atoms with Crippen LogP contribution >= 0.6 is 0 Å². The van der Waals surface area contributed by atoms with Crippen LogP contribution in [0.3, 0.4) is 0 Å². The van der Waals surface area contributed by atoms with E-state index in [4.69, 9.17) is 9.47 Å². The highest BCUT2D eigenvalue weighted by Crippen LogP contribution is 2.63. The predicted molar refractivity (Wildman–Crippen MR) is 167 cm³/mol. The summed E-state index contributed by atoms with van der Waals surface area (Å²) >= 11 is 0. The van der Waals surface area contributed by atoms with E-state index in [0.717, 1.165) is 62.1 Å². The Bertz CT molecular complexity index is 1580. The van der Waals surface area contributed by atoms with E-state index in [1.165, 1.54) is 23.6 Å². The molecule has 0 aromatic heterocycles. The third-order valence-electron chi connectivity index (χ3n) is 10.5. The first-order valence-electron chi connectivity index (χ1n) is 15.7. The fourth-order valence-corrected chi connectivity index (χ4v) is 8.66. The number of likely N-dealkylation sites (N-methyl/N-ethyl adjacent to an activating group) is 1. The summed E-state index contributed by atoms with van der Waals surface area (Å²) in [6.07, 6.45) is 8.23. The minimum absolute atomic E-state index is 0.00519. The third-order valence-corrected chi connectivity index (χ3v) is 10.5. The molecule has 222 valence electrons. The third kappa shape index (κ3) is 4.76. The van der Waals surface area contributed by atoms with Crippen LogP contribution in [0.1, 0.15) is 54.0 Å². The van der Waals surface area contributed by atoms with Gasteiger partial charge in [0.25, 0.3) is 0 Å². The number of likely N-dealkylation sites (tertiary alicyclic amines) is 1. The van der Waals surface area contributed by atoms with Crippen molar-refractivity contribution in [1.82, 2.24) is 9.80 Å². The van der Waals surface area contributed by atoms with Gasteiger partial charge in [0.05, 0.1) is 6.04 Å². The van der Waals surface area contributed by atoms with Crippen LogP contribution in [0.2, 0.25) is 0 Å². The van der Waals surface area contributed by atoms with Crippen LogP contribution in [0.25, 0.3) is 6.08 Å². The molecule has 7 rings (SSSR count). The van der Waals surface area contributed by atoms with Gasteiger partial charge in [0, 0.05) is 49.2 Å². The zero-order valence-electron chi connectivity index (χ0n) is 25.3. The maximum Gasteiger partial charge on any atom is 0.308 e. The van der Waals surface area contributed by atoms with Crippen LogP contribution in [-0.2, 0) is 27.8 Å². The molecule has 1 saturated carbocycles. The van der Waals surface area contributed by atoms with Gasteiger partial charge < -0.3 is 14.4 Å². The van der Waals surface area contributed by atoms with Crippen molar-refractivity contribution < 1.29 is 19.1 Å². The molecule has 6 heteroatoms. The molecule has 3 aromatic rings. The Morgan fingerprint density at radius 1 is 1.09 bits per heavy atom. The Morgan fingerprint density at radius 3 is 2.72 bits per heavy atom. The van der Waals surface area contributed by atoms with Gasteiger partial charge in [-0.1, -0.05) is 60.2 Å². The highest BCUT2D eigenvalue weighted by Gasteiger charge is 2.66. The van der Waals surface area contributed by atoms with Crippen LogP contribution in [0.5, 0.6) is 11.5 Å². The number of hydrogen-bond acceptors (Lipinski definition) is 5. The molecule has 1 amide bonds. The second-order valence-electron chi connectivity index (χ2n) is 12.8. The zero-order valence-corrected chi connectivity index (χ0v) is 25.3. The molecule has 6 nitrogen and oxygen atoms in total. The molecule has 1 saturated heterocycles. The lowest BCUT2D eigenvalue weighted by Gasteiger charge is -2.60. The molecule has 1 spiro atoms. The fourth-order valence-electron chi connectivity index (χ4n) is 8.66. The minimum atomic E-state index is -0.301. The second-order valence-corrected chi connectivity index (χ2v) is 12.8. The van der Waals surface area contributed by atoms with E-state index in [1.807, 2.05) is 42.3 Å². The fraction of sp³-hybridized carbons (Fsp3) is 0.405. The van der Waals surface area contributed by atoms with Crippen LogP contribution < -0.4 is 9.47 Å². The molecule has 3 aromatic carbocycles. The standard InChI is InChI=1S/C37H40N2O4/c1-24-8-7-11-27(22-24)12-17-34(41)38(3)30-14-13-29-31-23-28-32(42-25(2)40)15-16-33-35(28)37(29,36(30)43-33)19-21-39(31)20-18-26-9-5-4-6-10-26/h4-12,15-17,22,29-31,36H,13-14,18-21,23H2,1-3H3/t29-,30-,31+,36-,37-/m0/s1. The van der Waals surface area contributed by atoms with E-state index in [2.05, 4.69) is 54.3 Å². The molecule has 0 unspecified atom stereocenters. The molecule has 43 heavy (non-hydrogen) atoms. The van der Waals surface area contributed by atoms with Crippen molar-refractivity contribution in [2.75, 3.05) is 20.1 Å². The molecule has 2 aliphatic heterocycles. The number of carbonyl (C=O) groups is 2. The van der Waals surface area contributed by atoms with Crippen LogP contribution in [-0.4, -0.2) is 60.0 Å². The zero-order chi connectivity index (χ0) is 29.7. The van der Waals surface area contributed by atoms with Gasteiger partial charge >= 0.3 is 5.97 Å². The van der Waals surface area contributed by atoms with Gasteiger partial charge in [-0.05, 0) is 80.8 Å². The molecule has 2 bridgehead atoms. The average Bonchev–Trinajstić information content (AvgIpc) is 3.34. The maximum atomic E-state index is 13.6. The number of ether oxygens (including phenoxy) is 2. The lowest BCUT2D eigenvalue weighted by molar-refractivity contribution is -0.135. The summed E-state index contributed by atoms with van der Waals surface area (Å²) in [4.78, 5) is 30.3. The van der Waals surface area contributed by atoms with Gasteiger partial charge in [0.15, 0.2) is 0 Å². The lowest BCUT2D eigenvalue weighted by Crippen LogP contribution is -2.69. The highest BCUT2D eigenvalue weighted by atomic mass is 16.5. The van der Waals surface area contributed by atoms with E-state index < -0.39 is 0 Å². The maximum absolute atomic E-state index is 13.6. The number of aryl methyl sites for hydroxylation is 1. The SMILES string of the molecule is CC(=O)Oc1ccc2c3c1C[C@@H]1[C@@H]4CC[C@H](N(C)C(=O)C=Cc5cccc(C)c5)[C@H](O2)[C@]34CCN1CCc1ccccc1. The summed E-state index contributed by atoms with van der Waals surface area (Å²) in [5.41, 5.74) is 5.70. The van der Waals surface area contributed by atoms with Crippen molar-refractivity contribution in [2.45, 2.75) is 69.6 Å². The first-order valence-corrected chi connectivity index (χ1v) is 15.7. The predicted octanol–water partition coefficient (Wildman–Crippen LogP) is 5.74. The number of benzene rings is 3. The number of esters is 1. The first-order chi connectivity index (χ1) is 20.8. The lowest BCUT2D eigenvalue weighted by atomic mass is 9.51. The number of rotatable bonds is 7. The number of nitrogens with zero attached hydrogens (tertiary/aromatic N) is 2.